The summed E-state index contributed by atoms with van der Waals surface area (Å²) in [6, 6.07) is 4.85. The SMILES string of the molecule is C=C/C(=C\C=C/C)C(=O)c1ccc(N)c(N)c1. The molecule has 0 spiro atoms. The average Bonchev–Trinajstić information content (AvgIpc) is 2.33. The summed E-state index contributed by atoms with van der Waals surface area (Å²) in [4.78, 5) is 12.1. The van der Waals surface area contributed by atoms with Gasteiger partial charge in [-0.1, -0.05) is 30.9 Å². The third-order valence-electron chi connectivity index (χ3n) is 2.30. The Bertz CT molecular complexity index is 499. The fraction of sp³-hybridized carbons (Fsp3) is 0.0714. The van der Waals surface area contributed by atoms with Crippen LogP contribution < -0.4 is 11.5 Å². The smallest absolute Gasteiger partial charge is 0.193 e. The first-order valence-electron chi connectivity index (χ1n) is 5.25. The summed E-state index contributed by atoms with van der Waals surface area (Å²) in [6.45, 7) is 5.50. The molecule has 17 heavy (non-hydrogen) atoms. The zero-order valence-corrected chi connectivity index (χ0v) is 9.81. The molecule has 0 saturated carbocycles. The minimum Gasteiger partial charge on any atom is -0.397 e. The second kappa shape index (κ2) is 5.70. The molecule has 4 N–H and O–H groups in total. The van der Waals surface area contributed by atoms with Crippen LogP contribution in [-0.2, 0) is 0 Å². The van der Waals surface area contributed by atoms with E-state index in [2.05, 4.69) is 6.58 Å². The molecule has 88 valence electrons. The van der Waals surface area contributed by atoms with Gasteiger partial charge in [-0.15, -0.1) is 0 Å². The summed E-state index contributed by atoms with van der Waals surface area (Å²) < 4.78 is 0. The van der Waals surface area contributed by atoms with E-state index in [4.69, 9.17) is 11.5 Å². The van der Waals surface area contributed by atoms with Crippen LogP contribution in [0.3, 0.4) is 0 Å². The lowest BCUT2D eigenvalue weighted by Gasteiger charge is -2.04. The number of Topliss-reactive ketones (excluding diaryl/α,β-unsaturated/α-hetero) is 1. The van der Waals surface area contributed by atoms with Gasteiger partial charge in [0.2, 0.25) is 0 Å². The number of carbonyl (C=O) groups is 1. The van der Waals surface area contributed by atoms with Crippen LogP contribution >= 0.6 is 0 Å². The molecule has 0 atom stereocenters. The molecule has 1 rings (SSSR count). The molecule has 1 aromatic rings. The number of carbonyl (C=O) groups excluding carboxylic acids is 1. The minimum atomic E-state index is -0.121. The van der Waals surface area contributed by atoms with Gasteiger partial charge in [0, 0.05) is 11.1 Å². The Hall–Kier alpha value is -2.29. The van der Waals surface area contributed by atoms with Gasteiger partial charge >= 0.3 is 0 Å². The molecule has 0 aliphatic heterocycles. The van der Waals surface area contributed by atoms with E-state index < -0.39 is 0 Å². The molecule has 0 radical (unpaired) electrons. The Morgan fingerprint density at radius 3 is 2.53 bits per heavy atom. The Labute approximate surface area is 101 Å². The van der Waals surface area contributed by atoms with Gasteiger partial charge in [0.25, 0.3) is 0 Å². The summed E-state index contributed by atoms with van der Waals surface area (Å²) in [6.07, 6.45) is 6.86. The maximum absolute atomic E-state index is 12.1. The molecule has 1 aromatic carbocycles. The standard InChI is InChI=1S/C14H16N2O/c1-3-5-6-10(4-2)14(17)11-7-8-12(15)13(16)9-11/h3-9H,2,15-16H2,1H3/b5-3-,10-6+. The summed E-state index contributed by atoms with van der Waals surface area (Å²) in [7, 11) is 0. The average molecular weight is 228 g/mol. The van der Waals surface area contributed by atoms with Gasteiger partial charge in [-0.05, 0) is 25.1 Å². The van der Waals surface area contributed by atoms with Gasteiger partial charge < -0.3 is 11.5 Å². The van der Waals surface area contributed by atoms with Crippen molar-refractivity contribution >= 4 is 17.2 Å². The Morgan fingerprint density at radius 2 is 2.00 bits per heavy atom. The van der Waals surface area contributed by atoms with Gasteiger partial charge in [-0.3, -0.25) is 4.79 Å². The van der Waals surface area contributed by atoms with E-state index in [-0.39, 0.29) is 5.78 Å². The predicted molar refractivity (Wildman–Crippen MR) is 72.7 cm³/mol. The molecular formula is C14H16N2O. The van der Waals surface area contributed by atoms with Crippen molar-refractivity contribution < 1.29 is 4.79 Å². The molecule has 0 aliphatic rings. The molecule has 0 saturated heterocycles. The van der Waals surface area contributed by atoms with Gasteiger partial charge in [0.05, 0.1) is 11.4 Å². The summed E-state index contributed by atoms with van der Waals surface area (Å²) in [5, 5.41) is 0. The van der Waals surface area contributed by atoms with Crippen molar-refractivity contribution in [2.24, 2.45) is 0 Å². The van der Waals surface area contributed by atoms with Crippen molar-refractivity contribution in [1.82, 2.24) is 0 Å². The minimum absolute atomic E-state index is 0.121. The first-order valence-corrected chi connectivity index (χ1v) is 5.25. The first-order chi connectivity index (χ1) is 8.10. The third-order valence-corrected chi connectivity index (χ3v) is 2.30. The number of nitrogen functional groups attached to an aromatic ring is 2. The maximum Gasteiger partial charge on any atom is 0.193 e. The van der Waals surface area contributed by atoms with Crippen LogP contribution in [0.25, 0.3) is 0 Å². The van der Waals surface area contributed by atoms with Crippen molar-refractivity contribution in [2.45, 2.75) is 6.92 Å². The van der Waals surface area contributed by atoms with Crippen LogP contribution in [0.15, 0.2) is 54.7 Å². The van der Waals surface area contributed by atoms with Crippen LogP contribution in [0.2, 0.25) is 0 Å². The Balaban J connectivity index is 3.10. The number of anilines is 2. The zero-order chi connectivity index (χ0) is 12.8. The molecule has 0 aromatic heterocycles. The van der Waals surface area contributed by atoms with Gasteiger partial charge in [-0.2, -0.15) is 0 Å². The van der Waals surface area contributed by atoms with Crippen molar-refractivity contribution in [3.8, 4) is 0 Å². The fourth-order valence-corrected chi connectivity index (χ4v) is 1.32. The topological polar surface area (TPSA) is 69.1 Å². The normalized spacial score (nSPS) is 11.7. The van der Waals surface area contributed by atoms with E-state index in [1.807, 2.05) is 13.0 Å². The predicted octanol–water partition coefficient (Wildman–Crippen LogP) is 2.72. The summed E-state index contributed by atoms with van der Waals surface area (Å²) >= 11 is 0. The monoisotopic (exact) mass is 228 g/mol. The molecule has 0 aliphatic carbocycles. The lowest BCUT2D eigenvalue weighted by molar-refractivity contribution is 0.103. The van der Waals surface area contributed by atoms with Crippen LogP contribution in [0.4, 0.5) is 11.4 Å². The van der Waals surface area contributed by atoms with Crippen LogP contribution in [0, 0.1) is 0 Å². The van der Waals surface area contributed by atoms with Crippen LogP contribution in [0.1, 0.15) is 17.3 Å². The molecule has 0 bridgehead atoms. The molecule has 3 heteroatoms. The number of allylic oxidation sites excluding steroid dienone is 5. The Morgan fingerprint density at radius 1 is 1.29 bits per heavy atom. The zero-order valence-electron chi connectivity index (χ0n) is 9.81. The number of hydrogen-bond acceptors (Lipinski definition) is 3. The van der Waals surface area contributed by atoms with E-state index in [0.717, 1.165) is 0 Å². The molecule has 0 heterocycles. The van der Waals surface area contributed by atoms with Crippen molar-refractivity contribution in [3.63, 3.8) is 0 Å². The second-order valence-corrected chi connectivity index (χ2v) is 3.52. The number of nitrogens with two attached hydrogens (primary N) is 2. The Kier molecular flexibility index (Phi) is 4.29. The summed E-state index contributed by atoms with van der Waals surface area (Å²) in [5.41, 5.74) is 13.2. The van der Waals surface area contributed by atoms with Crippen LogP contribution in [0.5, 0.6) is 0 Å². The molecule has 0 fully saturated rings. The lowest BCUT2D eigenvalue weighted by Crippen LogP contribution is -2.03. The van der Waals surface area contributed by atoms with Gasteiger partial charge in [0.1, 0.15) is 0 Å². The van der Waals surface area contributed by atoms with Crippen LogP contribution in [-0.4, -0.2) is 5.78 Å². The van der Waals surface area contributed by atoms with E-state index in [9.17, 15) is 4.79 Å². The number of rotatable bonds is 4. The lowest BCUT2D eigenvalue weighted by atomic mass is 10.0. The largest absolute Gasteiger partial charge is 0.397 e. The van der Waals surface area contributed by atoms with Crippen molar-refractivity contribution in [3.05, 3.63) is 60.2 Å². The molecule has 0 amide bonds. The van der Waals surface area contributed by atoms with E-state index in [1.165, 1.54) is 6.08 Å². The quantitative estimate of drug-likeness (QED) is 0.360. The number of hydrogen-bond donors (Lipinski definition) is 2. The van der Waals surface area contributed by atoms with E-state index >= 15 is 0 Å². The highest BCUT2D eigenvalue weighted by Gasteiger charge is 2.09. The molecular weight excluding hydrogens is 212 g/mol. The molecule has 0 unspecified atom stereocenters. The fourth-order valence-electron chi connectivity index (χ4n) is 1.32. The highest BCUT2D eigenvalue weighted by molar-refractivity contribution is 6.11. The highest BCUT2D eigenvalue weighted by atomic mass is 16.1. The van der Waals surface area contributed by atoms with E-state index in [0.29, 0.717) is 22.5 Å². The second-order valence-electron chi connectivity index (χ2n) is 3.52. The van der Waals surface area contributed by atoms with E-state index in [1.54, 1.807) is 30.4 Å². The first kappa shape index (κ1) is 12.8. The highest BCUT2D eigenvalue weighted by Crippen LogP contribution is 2.18. The van der Waals surface area contributed by atoms with Gasteiger partial charge in [0.15, 0.2) is 5.78 Å². The summed E-state index contributed by atoms with van der Waals surface area (Å²) in [5.74, 6) is -0.121. The third kappa shape index (κ3) is 3.08. The van der Waals surface area contributed by atoms with Crippen molar-refractivity contribution in [1.29, 1.82) is 0 Å². The number of benzene rings is 1. The van der Waals surface area contributed by atoms with Gasteiger partial charge in [-0.25, -0.2) is 0 Å². The maximum atomic E-state index is 12.1. The molecule has 3 nitrogen and oxygen atoms in total. The van der Waals surface area contributed by atoms with Crippen molar-refractivity contribution in [2.75, 3.05) is 11.5 Å². The number of ketones is 1.